The van der Waals surface area contributed by atoms with Gasteiger partial charge in [0.1, 0.15) is 11.6 Å². The van der Waals surface area contributed by atoms with E-state index >= 15 is 0 Å². The molecule has 3 N–H and O–H groups in total. The van der Waals surface area contributed by atoms with Crippen molar-refractivity contribution in [1.29, 1.82) is 0 Å². The molecule has 0 aliphatic heterocycles. The summed E-state index contributed by atoms with van der Waals surface area (Å²) >= 11 is 0. The van der Waals surface area contributed by atoms with Gasteiger partial charge in [-0.3, -0.25) is 9.59 Å². The van der Waals surface area contributed by atoms with Crippen molar-refractivity contribution in [2.45, 2.75) is 57.4 Å². The number of benzene rings is 2. The van der Waals surface area contributed by atoms with Crippen molar-refractivity contribution in [2.24, 2.45) is 0 Å². The van der Waals surface area contributed by atoms with E-state index in [-0.39, 0.29) is 29.1 Å². The fraction of sp³-hybridized carbons (Fsp3) is 0.467. The maximum absolute atomic E-state index is 13.3. The first-order chi connectivity index (χ1) is 18.5. The van der Waals surface area contributed by atoms with Gasteiger partial charge in [0.2, 0.25) is 11.5 Å². The van der Waals surface area contributed by atoms with E-state index in [1.165, 1.54) is 24.6 Å². The largest absolute Gasteiger partial charge is 0.506 e. The summed E-state index contributed by atoms with van der Waals surface area (Å²) in [7, 11) is 0. The highest BCUT2D eigenvalue weighted by atomic mass is 19.1. The number of aromatic hydroxyl groups is 1. The first kappa shape index (κ1) is 27.8. The molecule has 0 bridgehead atoms. The maximum atomic E-state index is 13.3. The predicted molar refractivity (Wildman–Crippen MR) is 147 cm³/mol. The number of fused-ring (bicyclic) bond motifs is 1. The highest BCUT2D eigenvalue weighted by molar-refractivity contribution is 5.87. The number of nitrogens with zero attached hydrogens (tertiary/aromatic N) is 1. The highest BCUT2D eigenvalue weighted by Crippen LogP contribution is 2.25. The zero-order valence-corrected chi connectivity index (χ0v) is 21.9. The normalized spacial score (nSPS) is 14.1. The SMILES string of the molecule is O=C(CCOCCc1cccc(F)c1)N(CCNCCc1ccc(O)c2[nH]c(=O)ccc12)C1CCCCC1. The van der Waals surface area contributed by atoms with Crippen LogP contribution in [-0.2, 0) is 22.4 Å². The number of phenolic OH excluding ortho intramolecular Hbond substituents is 1. The van der Waals surface area contributed by atoms with Crippen LogP contribution in [0.5, 0.6) is 5.75 Å². The van der Waals surface area contributed by atoms with E-state index in [1.54, 1.807) is 18.2 Å². The number of pyridine rings is 1. The average molecular weight is 524 g/mol. The molecule has 7 nitrogen and oxygen atoms in total. The van der Waals surface area contributed by atoms with Gasteiger partial charge in [-0.1, -0.05) is 37.5 Å². The number of rotatable bonds is 13. The quantitative estimate of drug-likeness (QED) is 0.290. The van der Waals surface area contributed by atoms with Crippen LogP contribution in [0.1, 0.15) is 49.7 Å². The first-order valence-corrected chi connectivity index (χ1v) is 13.7. The Kier molecular flexibility index (Phi) is 10.3. The second kappa shape index (κ2) is 14.1. The summed E-state index contributed by atoms with van der Waals surface area (Å²) in [5, 5.41) is 14.4. The van der Waals surface area contributed by atoms with Crippen LogP contribution >= 0.6 is 0 Å². The van der Waals surface area contributed by atoms with Crippen LogP contribution in [0.15, 0.2) is 53.3 Å². The molecule has 3 aromatic rings. The van der Waals surface area contributed by atoms with Crippen molar-refractivity contribution in [3.05, 3.63) is 75.8 Å². The zero-order chi connectivity index (χ0) is 26.7. The summed E-state index contributed by atoms with van der Waals surface area (Å²) in [5.41, 5.74) is 2.15. The number of carbonyl (C=O) groups is 1. The van der Waals surface area contributed by atoms with Crippen LogP contribution in [0.25, 0.3) is 10.9 Å². The second-order valence-electron chi connectivity index (χ2n) is 9.98. The summed E-state index contributed by atoms with van der Waals surface area (Å²) in [5.74, 6) is -0.0610. The van der Waals surface area contributed by atoms with Gasteiger partial charge in [0.05, 0.1) is 25.2 Å². The third kappa shape index (κ3) is 7.88. The van der Waals surface area contributed by atoms with Gasteiger partial charge in [-0.2, -0.15) is 0 Å². The Labute approximate surface area is 223 Å². The van der Waals surface area contributed by atoms with Crippen LogP contribution in [0.3, 0.4) is 0 Å². The van der Waals surface area contributed by atoms with Crippen molar-refractivity contribution in [3.63, 3.8) is 0 Å². The Morgan fingerprint density at radius 3 is 2.71 bits per heavy atom. The number of hydrogen-bond donors (Lipinski definition) is 3. The second-order valence-corrected chi connectivity index (χ2v) is 9.98. The van der Waals surface area contributed by atoms with Crippen molar-refractivity contribution in [2.75, 3.05) is 32.8 Å². The van der Waals surface area contributed by atoms with Crippen LogP contribution in [0.2, 0.25) is 0 Å². The van der Waals surface area contributed by atoms with Crippen molar-refractivity contribution < 1.29 is 19.0 Å². The van der Waals surface area contributed by atoms with E-state index in [0.717, 1.165) is 55.2 Å². The summed E-state index contributed by atoms with van der Waals surface area (Å²) < 4.78 is 19.0. The van der Waals surface area contributed by atoms with Gasteiger partial charge in [-0.05, 0) is 67.6 Å². The molecule has 1 heterocycles. The number of halogens is 1. The monoisotopic (exact) mass is 523 g/mol. The minimum atomic E-state index is -0.248. The van der Waals surface area contributed by atoms with E-state index in [9.17, 15) is 19.1 Å². The molecule has 8 heteroatoms. The lowest BCUT2D eigenvalue weighted by Crippen LogP contribution is -2.45. The third-order valence-corrected chi connectivity index (χ3v) is 7.28. The Bertz CT molecular complexity index is 1260. The minimum absolute atomic E-state index is 0.0639. The molecule has 1 fully saturated rings. The fourth-order valence-electron chi connectivity index (χ4n) is 5.25. The molecule has 1 aliphatic rings. The lowest BCUT2D eigenvalue weighted by atomic mass is 9.94. The van der Waals surface area contributed by atoms with E-state index in [4.69, 9.17) is 4.74 Å². The van der Waals surface area contributed by atoms with Crippen molar-refractivity contribution >= 4 is 16.8 Å². The molecule has 1 aromatic heterocycles. The molecule has 204 valence electrons. The van der Waals surface area contributed by atoms with Gasteiger partial charge in [0.25, 0.3) is 0 Å². The Balaban J connectivity index is 1.23. The van der Waals surface area contributed by atoms with Gasteiger partial charge >= 0.3 is 0 Å². The number of aromatic nitrogens is 1. The maximum Gasteiger partial charge on any atom is 0.248 e. The lowest BCUT2D eigenvalue weighted by molar-refractivity contribution is -0.135. The van der Waals surface area contributed by atoms with Gasteiger partial charge in [-0.15, -0.1) is 0 Å². The molecule has 4 rings (SSSR count). The summed E-state index contributed by atoms with van der Waals surface area (Å²) in [6.07, 6.45) is 7.33. The lowest BCUT2D eigenvalue weighted by Gasteiger charge is -2.34. The van der Waals surface area contributed by atoms with Gasteiger partial charge in [-0.25, -0.2) is 4.39 Å². The van der Waals surface area contributed by atoms with Crippen LogP contribution in [0.4, 0.5) is 4.39 Å². The average Bonchev–Trinajstić information content (AvgIpc) is 2.92. The molecule has 38 heavy (non-hydrogen) atoms. The van der Waals surface area contributed by atoms with E-state index in [1.807, 2.05) is 17.0 Å². The van der Waals surface area contributed by atoms with E-state index < -0.39 is 0 Å². The molecule has 0 radical (unpaired) electrons. The summed E-state index contributed by atoms with van der Waals surface area (Å²) in [6, 6.07) is 13.5. The standard InChI is InChI=1S/C30H38FN3O4/c31-24-6-4-5-22(21-24)14-19-38-20-15-29(37)34(25-7-2-1-3-8-25)18-17-32-16-13-23-9-11-27(35)30-26(23)10-12-28(36)33-30/h4-6,9-12,21,25,32,35H,1-3,7-8,13-20H2,(H,33,36). The molecule has 0 spiro atoms. The minimum Gasteiger partial charge on any atom is -0.506 e. The van der Waals surface area contributed by atoms with Crippen LogP contribution in [-0.4, -0.2) is 59.8 Å². The number of hydrogen-bond acceptors (Lipinski definition) is 5. The molecule has 1 amide bonds. The number of carbonyl (C=O) groups excluding carboxylic acids is 1. The molecule has 0 unspecified atom stereocenters. The molecule has 0 saturated heterocycles. The third-order valence-electron chi connectivity index (χ3n) is 7.28. The molecule has 0 atom stereocenters. The number of ether oxygens (including phenoxy) is 1. The Morgan fingerprint density at radius 2 is 1.89 bits per heavy atom. The van der Waals surface area contributed by atoms with Gasteiger partial charge in [0, 0.05) is 30.6 Å². The van der Waals surface area contributed by atoms with E-state index in [0.29, 0.717) is 44.7 Å². The number of phenols is 1. The highest BCUT2D eigenvalue weighted by Gasteiger charge is 2.24. The number of H-pyrrole nitrogens is 1. The van der Waals surface area contributed by atoms with E-state index in [2.05, 4.69) is 10.3 Å². The number of nitrogens with one attached hydrogen (secondary N) is 2. The Morgan fingerprint density at radius 1 is 1.05 bits per heavy atom. The fourth-order valence-corrected chi connectivity index (χ4v) is 5.25. The predicted octanol–water partition coefficient (Wildman–Crippen LogP) is 4.32. The molecule has 2 aromatic carbocycles. The molecule has 1 aliphatic carbocycles. The molecular formula is C30H38FN3O4. The Hall–Kier alpha value is -3.23. The molecular weight excluding hydrogens is 485 g/mol. The smallest absolute Gasteiger partial charge is 0.248 e. The topological polar surface area (TPSA) is 94.7 Å². The van der Waals surface area contributed by atoms with Crippen molar-refractivity contribution in [3.8, 4) is 5.75 Å². The summed E-state index contributed by atoms with van der Waals surface area (Å²) in [6.45, 7) is 2.88. The van der Waals surface area contributed by atoms with Crippen LogP contribution in [0, 0.1) is 5.82 Å². The van der Waals surface area contributed by atoms with Crippen molar-refractivity contribution in [1.82, 2.24) is 15.2 Å². The molecule has 1 saturated carbocycles. The zero-order valence-electron chi connectivity index (χ0n) is 21.9. The van der Waals surface area contributed by atoms with Gasteiger partial charge < -0.3 is 25.0 Å². The number of aromatic amines is 1. The van der Waals surface area contributed by atoms with Gasteiger partial charge in [0.15, 0.2) is 0 Å². The van der Waals surface area contributed by atoms with Crippen LogP contribution < -0.4 is 10.9 Å². The number of amides is 1. The first-order valence-electron chi connectivity index (χ1n) is 13.7. The summed E-state index contributed by atoms with van der Waals surface area (Å²) in [4.78, 5) is 29.5.